The molecule has 0 saturated heterocycles. The molecule has 0 saturated carbocycles. The van der Waals surface area contributed by atoms with Crippen LogP contribution in [0, 0.1) is 0 Å². The van der Waals surface area contributed by atoms with Crippen molar-refractivity contribution < 1.29 is 18.0 Å². The Morgan fingerprint density at radius 2 is 1.81 bits per heavy atom. The molecule has 0 radical (unpaired) electrons. The summed E-state index contributed by atoms with van der Waals surface area (Å²) in [5, 5.41) is 7.38. The fourth-order valence-corrected chi connectivity index (χ4v) is 2.23. The highest BCUT2D eigenvalue weighted by molar-refractivity contribution is 5.96. The van der Waals surface area contributed by atoms with Gasteiger partial charge in [0.1, 0.15) is 0 Å². The SMILES string of the molecule is O=C(N/N=C\c1ccncc1)c1cnn(-c2ccccc2)c1C(F)(F)F. The molecule has 0 aliphatic heterocycles. The third-order valence-electron chi connectivity index (χ3n) is 3.37. The minimum absolute atomic E-state index is 0.194. The Balaban J connectivity index is 1.89. The molecule has 0 unspecified atom stereocenters. The van der Waals surface area contributed by atoms with Crippen molar-refractivity contribution in [3.05, 3.63) is 77.9 Å². The average molecular weight is 359 g/mol. The fraction of sp³-hybridized carbons (Fsp3) is 0.0588. The summed E-state index contributed by atoms with van der Waals surface area (Å²) in [6, 6.07) is 11.0. The average Bonchev–Trinajstić information content (AvgIpc) is 3.09. The maximum atomic E-state index is 13.5. The number of carbonyl (C=O) groups is 1. The number of hydrazone groups is 1. The quantitative estimate of drug-likeness (QED) is 0.575. The summed E-state index contributed by atoms with van der Waals surface area (Å²) < 4.78 is 41.1. The summed E-state index contributed by atoms with van der Waals surface area (Å²) in [5.41, 5.74) is 1.13. The van der Waals surface area contributed by atoms with Gasteiger partial charge in [-0.1, -0.05) is 18.2 Å². The molecule has 6 nitrogen and oxygen atoms in total. The first-order chi connectivity index (χ1) is 12.5. The maximum Gasteiger partial charge on any atom is 0.434 e. The van der Waals surface area contributed by atoms with Gasteiger partial charge in [-0.25, -0.2) is 10.1 Å². The lowest BCUT2D eigenvalue weighted by Crippen LogP contribution is -2.23. The summed E-state index contributed by atoms with van der Waals surface area (Å²) in [6.07, 6.45) is 0.444. The van der Waals surface area contributed by atoms with Crippen LogP contribution >= 0.6 is 0 Å². The Labute approximate surface area is 146 Å². The van der Waals surface area contributed by atoms with Crippen LogP contribution in [0.2, 0.25) is 0 Å². The third kappa shape index (κ3) is 3.77. The Morgan fingerprint density at radius 1 is 1.12 bits per heavy atom. The predicted octanol–water partition coefficient (Wildman–Crippen LogP) is 3.05. The molecule has 0 aliphatic rings. The van der Waals surface area contributed by atoms with Gasteiger partial charge in [-0.15, -0.1) is 0 Å². The summed E-state index contributed by atoms with van der Waals surface area (Å²) in [5.74, 6) is -1.01. The van der Waals surface area contributed by atoms with Crippen LogP contribution in [0.25, 0.3) is 5.69 Å². The number of aromatic nitrogens is 3. The number of amides is 1. The zero-order chi connectivity index (χ0) is 18.6. The number of alkyl halides is 3. The van der Waals surface area contributed by atoms with Crippen LogP contribution in [0.5, 0.6) is 0 Å². The minimum Gasteiger partial charge on any atom is -0.267 e. The van der Waals surface area contributed by atoms with Gasteiger partial charge in [0.05, 0.1) is 23.7 Å². The molecule has 0 aliphatic carbocycles. The highest BCUT2D eigenvalue weighted by atomic mass is 19.4. The number of para-hydroxylation sites is 1. The second-order valence-corrected chi connectivity index (χ2v) is 5.13. The smallest absolute Gasteiger partial charge is 0.267 e. The number of pyridine rings is 1. The van der Waals surface area contributed by atoms with Gasteiger partial charge in [-0.3, -0.25) is 9.78 Å². The standard InChI is InChI=1S/C17H12F3N5O/c18-17(19,20)15-14(11-23-25(15)13-4-2-1-3-5-13)16(26)24-22-10-12-6-8-21-9-7-12/h1-11H,(H,24,26)/b22-10-. The van der Waals surface area contributed by atoms with Crippen molar-refractivity contribution in [3.63, 3.8) is 0 Å². The summed E-state index contributed by atoms with van der Waals surface area (Å²) in [7, 11) is 0. The molecule has 3 aromatic rings. The molecule has 2 aromatic heterocycles. The van der Waals surface area contributed by atoms with Gasteiger partial charge >= 0.3 is 6.18 Å². The molecule has 0 spiro atoms. The number of benzene rings is 1. The van der Waals surface area contributed by atoms with Crippen molar-refractivity contribution in [3.8, 4) is 5.69 Å². The van der Waals surface area contributed by atoms with Gasteiger partial charge < -0.3 is 0 Å². The topological polar surface area (TPSA) is 72.2 Å². The van der Waals surface area contributed by atoms with E-state index in [-0.39, 0.29) is 5.69 Å². The molecule has 3 rings (SSSR count). The first-order valence-corrected chi connectivity index (χ1v) is 7.41. The van der Waals surface area contributed by atoms with Crippen molar-refractivity contribution in [2.45, 2.75) is 6.18 Å². The van der Waals surface area contributed by atoms with Crippen molar-refractivity contribution in [2.24, 2.45) is 5.10 Å². The highest BCUT2D eigenvalue weighted by Gasteiger charge is 2.40. The Kier molecular flexibility index (Phi) is 4.78. The number of hydrogen-bond acceptors (Lipinski definition) is 4. The molecular weight excluding hydrogens is 347 g/mol. The highest BCUT2D eigenvalue weighted by Crippen LogP contribution is 2.33. The van der Waals surface area contributed by atoms with Crippen LogP contribution in [0.1, 0.15) is 21.6 Å². The van der Waals surface area contributed by atoms with E-state index in [2.05, 4.69) is 20.6 Å². The van der Waals surface area contributed by atoms with E-state index in [1.807, 2.05) is 0 Å². The van der Waals surface area contributed by atoms with Gasteiger partial charge in [0, 0.05) is 12.4 Å². The van der Waals surface area contributed by atoms with Crippen LogP contribution in [-0.4, -0.2) is 26.9 Å². The van der Waals surface area contributed by atoms with E-state index >= 15 is 0 Å². The van der Waals surface area contributed by atoms with E-state index < -0.39 is 23.3 Å². The predicted molar refractivity (Wildman–Crippen MR) is 87.9 cm³/mol. The number of hydrogen-bond donors (Lipinski definition) is 1. The Bertz CT molecular complexity index is 921. The second-order valence-electron chi connectivity index (χ2n) is 5.13. The summed E-state index contributed by atoms with van der Waals surface area (Å²) in [6.45, 7) is 0. The molecule has 2 heterocycles. The van der Waals surface area contributed by atoms with E-state index in [9.17, 15) is 18.0 Å². The number of carbonyl (C=O) groups excluding carboxylic acids is 1. The third-order valence-corrected chi connectivity index (χ3v) is 3.37. The maximum absolute atomic E-state index is 13.5. The molecule has 0 fully saturated rings. The number of rotatable bonds is 4. The van der Waals surface area contributed by atoms with Crippen LogP contribution in [0.15, 0.2) is 66.2 Å². The van der Waals surface area contributed by atoms with Crippen molar-refractivity contribution in [1.29, 1.82) is 0 Å². The molecule has 1 amide bonds. The lowest BCUT2D eigenvalue weighted by atomic mass is 10.2. The van der Waals surface area contributed by atoms with Crippen LogP contribution in [0.3, 0.4) is 0 Å². The lowest BCUT2D eigenvalue weighted by Gasteiger charge is -2.12. The first kappa shape index (κ1) is 17.3. The molecule has 132 valence electrons. The largest absolute Gasteiger partial charge is 0.434 e. The van der Waals surface area contributed by atoms with E-state index in [1.165, 1.54) is 30.7 Å². The van der Waals surface area contributed by atoms with Gasteiger partial charge in [-0.2, -0.15) is 23.4 Å². The molecule has 1 N–H and O–H groups in total. The number of halogens is 3. The van der Waals surface area contributed by atoms with Crippen molar-refractivity contribution in [2.75, 3.05) is 0 Å². The van der Waals surface area contributed by atoms with Crippen LogP contribution < -0.4 is 5.43 Å². The molecule has 0 bridgehead atoms. The van der Waals surface area contributed by atoms with Crippen LogP contribution in [-0.2, 0) is 6.18 Å². The minimum atomic E-state index is -4.77. The van der Waals surface area contributed by atoms with Crippen molar-refractivity contribution in [1.82, 2.24) is 20.2 Å². The number of nitrogens with zero attached hydrogens (tertiary/aromatic N) is 4. The molecule has 0 atom stereocenters. The van der Waals surface area contributed by atoms with Gasteiger partial charge in [0.15, 0.2) is 5.69 Å². The zero-order valence-corrected chi connectivity index (χ0v) is 13.2. The zero-order valence-electron chi connectivity index (χ0n) is 13.2. The fourth-order valence-electron chi connectivity index (χ4n) is 2.23. The van der Waals surface area contributed by atoms with Crippen molar-refractivity contribution >= 4 is 12.1 Å². The second kappa shape index (κ2) is 7.18. The van der Waals surface area contributed by atoms with Gasteiger partial charge in [0.2, 0.25) is 0 Å². The summed E-state index contributed by atoms with van der Waals surface area (Å²) in [4.78, 5) is 16.0. The molecule has 26 heavy (non-hydrogen) atoms. The number of nitrogens with one attached hydrogen (secondary N) is 1. The van der Waals surface area contributed by atoms with E-state index in [4.69, 9.17) is 0 Å². The van der Waals surface area contributed by atoms with E-state index in [1.54, 1.807) is 30.3 Å². The lowest BCUT2D eigenvalue weighted by molar-refractivity contribution is -0.143. The Morgan fingerprint density at radius 3 is 2.46 bits per heavy atom. The summed E-state index contributed by atoms with van der Waals surface area (Å²) >= 11 is 0. The van der Waals surface area contributed by atoms with Gasteiger partial charge in [0.25, 0.3) is 5.91 Å². The monoisotopic (exact) mass is 359 g/mol. The Hall–Kier alpha value is -3.49. The van der Waals surface area contributed by atoms with Crippen LogP contribution in [0.4, 0.5) is 13.2 Å². The van der Waals surface area contributed by atoms with E-state index in [0.29, 0.717) is 10.2 Å². The molecular formula is C17H12F3N5O. The molecule has 1 aromatic carbocycles. The van der Waals surface area contributed by atoms with Gasteiger partial charge in [-0.05, 0) is 29.8 Å². The molecule has 9 heteroatoms. The van der Waals surface area contributed by atoms with E-state index in [0.717, 1.165) is 6.20 Å². The normalized spacial score (nSPS) is 11.7. The first-order valence-electron chi connectivity index (χ1n) is 7.41.